The first-order chi connectivity index (χ1) is 5.27. The molecule has 0 aliphatic rings. The Balaban J connectivity index is 0. The van der Waals surface area contributed by atoms with Gasteiger partial charge in [0.15, 0.2) is 0 Å². The summed E-state index contributed by atoms with van der Waals surface area (Å²) in [6.45, 7) is 0.453. The molecule has 76 valence electrons. The van der Waals surface area contributed by atoms with Crippen molar-refractivity contribution in [3.05, 3.63) is 23.8 Å². The normalized spacial score (nSPS) is 8.15. The topological polar surface area (TPSA) is 61.3 Å². The fraction of sp³-hybridized carbons (Fsp3) is 0.250. The second kappa shape index (κ2) is 6.83. The van der Waals surface area contributed by atoms with Crippen LogP contribution in [0.15, 0.2) is 18.2 Å². The van der Waals surface area contributed by atoms with Crippen LogP contribution in [0.3, 0.4) is 0 Å². The molecule has 5 heteroatoms. The van der Waals surface area contributed by atoms with Gasteiger partial charge in [-0.3, -0.25) is 0 Å². The van der Waals surface area contributed by atoms with Gasteiger partial charge < -0.3 is 16.2 Å². The molecule has 0 atom stereocenters. The summed E-state index contributed by atoms with van der Waals surface area (Å²) < 4.78 is 5.06. The molecule has 0 saturated heterocycles. The molecule has 0 aromatic heterocycles. The lowest BCUT2D eigenvalue weighted by molar-refractivity contribution is 0.410. The minimum absolute atomic E-state index is 0. The molecule has 0 spiro atoms. The summed E-state index contributed by atoms with van der Waals surface area (Å²) in [6.07, 6.45) is 0. The lowest BCUT2D eigenvalue weighted by Crippen LogP contribution is -2.00. The lowest BCUT2D eigenvalue weighted by Gasteiger charge is -2.06. The quantitative estimate of drug-likeness (QED) is 0.751. The van der Waals surface area contributed by atoms with Crippen LogP contribution in [-0.2, 0) is 6.54 Å². The third-order valence-corrected chi connectivity index (χ3v) is 1.52. The van der Waals surface area contributed by atoms with Gasteiger partial charge in [-0.25, -0.2) is 0 Å². The molecule has 1 rings (SSSR count). The largest absolute Gasteiger partial charge is 0.496 e. The molecule has 13 heavy (non-hydrogen) atoms. The van der Waals surface area contributed by atoms with Crippen molar-refractivity contribution in [2.75, 3.05) is 12.8 Å². The summed E-state index contributed by atoms with van der Waals surface area (Å²) in [4.78, 5) is 0. The minimum Gasteiger partial charge on any atom is -0.496 e. The molecule has 0 unspecified atom stereocenters. The summed E-state index contributed by atoms with van der Waals surface area (Å²) in [5.41, 5.74) is 12.7. The van der Waals surface area contributed by atoms with Crippen molar-refractivity contribution in [1.29, 1.82) is 0 Å². The van der Waals surface area contributed by atoms with Crippen LogP contribution in [0, 0.1) is 0 Å². The number of anilines is 1. The second-order valence-corrected chi connectivity index (χ2v) is 2.28. The fourth-order valence-electron chi connectivity index (χ4n) is 0.958. The summed E-state index contributed by atoms with van der Waals surface area (Å²) in [5.74, 6) is 0.793. The van der Waals surface area contributed by atoms with Gasteiger partial charge in [0, 0.05) is 17.8 Å². The number of nitrogens with two attached hydrogens (primary N) is 2. The average molecular weight is 225 g/mol. The van der Waals surface area contributed by atoms with Crippen molar-refractivity contribution in [1.82, 2.24) is 0 Å². The van der Waals surface area contributed by atoms with E-state index in [1.807, 2.05) is 12.1 Å². The smallest absolute Gasteiger partial charge is 0.123 e. The highest BCUT2D eigenvalue weighted by molar-refractivity contribution is 5.85. The Morgan fingerprint density at radius 2 is 1.92 bits per heavy atom. The van der Waals surface area contributed by atoms with E-state index in [0.29, 0.717) is 12.2 Å². The number of methoxy groups -OCH3 is 1. The number of halogens is 2. The summed E-state index contributed by atoms with van der Waals surface area (Å²) in [7, 11) is 1.62. The van der Waals surface area contributed by atoms with Crippen molar-refractivity contribution in [2.24, 2.45) is 5.73 Å². The first kappa shape index (κ1) is 14.9. The van der Waals surface area contributed by atoms with E-state index in [1.54, 1.807) is 13.2 Å². The standard InChI is InChI=1S/C8H12N2O.2ClH/c1-11-8-3-2-7(10)4-6(8)5-9;;/h2-4H,5,9-10H2,1H3;2*1H. The Morgan fingerprint density at radius 3 is 2.38 bits per heavy atom. The van der Waals surface area contributed by atoms with Crippen molar-refractivity contribution in [2.45, 2.75) is 6.54 Å². The minimum atomic E-state index is 0. The Morgan fingerprint density at radius 1 is 1.31 bits per heavy atom. The summed E-state index contributed by atoms with van der Waals surface area (Å²) in [6, 6.07) is 5.42. The number of hydrogen-bond donors (Lipinski definition) is 2. The Kier molecular flexibility index (Phi) is 7.81. The van der Waals surface area contributed by atoms with Crippen LogP contribution in [0.5, 0.6) is 5.75 Å². The van der Waals surface area contributed by atoms with Gasteiger partial charge in [-0.1, -0.05) is 0 Å². The molecule has 0 saturated carbocycles. The monoisotopic (exact) mass is 224 g/mol. The van der Waals surface area contributed by atoms with Crippen molar-refractivity contribution >= 4 is 30.5 Å². The van der Waals surface area contributed by atoms with Gasteiger partial charge in [0.05, 0.1) is 7.11 Å². The van der Waals surface area contributed by atoms with E-state index in [4.69, 9.17) is 16.2 Å². The van der Waals surface area contributed by atoms with Crippen molar-refractivity contribution in [3.63, 3.8) is 0 Å². The number of ether oxygens (including phenoxy) is 1. The predicted octanol–water partition coefficient (Wildman–Crippen LogP) is 1.58. The second-order valence-electron chi connectivity index (χ2n) is 2.28. The number of hydrogen-bond acceptors (Lipinski definition) is 3. The Bertz CT molecular complexity index is 256. The lowest BCUT2D eigenvalue weighted by atomic mass is 10.2. The number of rotatable bonds is 2. The number of benzene rings is 1. The Hall–Kier alpha value is -0.640. The third-order valence-electron chi connectivity index (χ3n) is 1.52. The molecule has 3 nitrogen and oxygen atoms in total. The van der Waals surface area contributed by atoms with Gasteiger partial charge in [-0.2, -0.15) is 0 Å². The van der Waals surface area contributed by atoms with E-state index < -0.39 is 0 Å². The molecule has 0 aliphatic heterocycles. The maximum atomic E-state index is 5.55. The summed E-state index contributed by atoms with van der Waals surface area (Å²) >= 11 is 0. The highest BCUT2D eigenvalue weighted by Crippen LogP contribution is 2.19. The highest BCUT2D eigenvalue weighted by Gasteiger charge is 1.99. The molecule has 0 aliphatic carbocycles. The third kappa shape index (κ3) is 3.72. The molecule has 1 aromatic rings. The zero-order chi connectivity index (χ0) is 8.27. The average Bonchev–Trinajstić information content (AvgIpc) is 2.04. The van der Waals surface area contributed by atoms with Crippen LogP contribution in [0.4, 0.5) is 5.69 Å². The molecule has 1 aromatic carbocycles. The van der Waals surface area contributed by atoms with Crippen molar-refractivity contribution in [3.8, 4) is 5.75 Å². The van der Waals surface area contributed by atoms with E-state index in [9.17, 15) is 0 Å². The molecule has 0 fully saturated rings. The molecule has 0 bridgehead atoms. The van der Waals surface area contributed by atoms with Crippen LogP contribution in [0.25, 0.3) is 0 Å². The first-order valence-corrected chi connectivity index (χ1v) is 3.40. The molecule has 4 N–H and O–H groups in total. The van der Waals surface area contributed by atoms with Crippen LogP contribution in [0.1, 0.15) is 5.56 Å². The van der Waals surface area contributed by atoms with Gasteiger partial charge >= 0.3 is 0 Å². The zero-order valence-electron chi connectivity index (χ0n) is 7.32. The van der Waals surface area contributed by atoms with Gasteiger partial charge in [0.25, 0.3) is 0 Å². The van der Waals surface area contributed by atoms with Crippen LogP contribution < -0.4 is 16.2 Å². The molecule has 0 amide bonds. The van der Waals surface area contributed by atoms with Gasteiger partial charge in [0.2, 0.25) is 0 Å². The fourth-order valence-corrected chi connectivity index (χ4v) is 0.958. The molecular formula is C8H14Cl2N2O. The molecule has 0 radical (unpaired) electrons. The van der Waals surface area contributed by atoms with Crippen LogP contribution in [0.2, 0.25) is 0 Å². The molecular weight excluding hydrogens is 211 g/mol. The van der Waals surface area contributed by atoms with E-state index in [2.05, 4.69) is 0 Å². The first-order valence-electron chi connectivity index (χ1n) is 3.40. The number of nitrogen functional groups attached to an aromatic ring is 1. The summed E-state index contributed by atoms with van der Waals surface area (Å²) in [5, 5.41) is 0. The zero-order valence-corrected chi connectivity index (χ0v) is 8.95. The van der Waals surface area contributed by atoms with E-state index >= 15 is 0 Å². The maximum absolute atomic E-state index is 5.55. The highest BCUT2D eigenvalue weighted by atomic mass is 35.5. The van der Waals surface area contributed by atoms with E-state index in [0.717, 1.165) is 11.3 Å². The van der Waals surface area contributed by atoms with Crippen molar-refractivity contribution < 1.29 is 4.74 Å². The van der Waals surface area contributed by atoms with E-state index in [-0.39, 0.29) is 24.8 Å². The van der Waals surface area contributed by atoms with Crippen LogP contribution >= 0.6 is 24.8 Å². The predicted molar refractivity (Wildman–Crippen MR) is 59.8 cm³/mol. The van der Waals surface area contributed by atoms with Gasteiger partial charge in [-0.15, -0.1) is 24.8 Å². The SMILES string of the molecule is COc1ccc(N)cc1CN.Cl.Cl. The van der Waals surface area contributed by atoms with Gasteiger partial charge in [-0.05, 0) is 18.2 Å². The van der Waals surface area contributed by atoms with E-state index in [1.165, 1.54) is 0 Å². The van der Waals surface area contributed by atoms with Gasteiger partial charge in [0.1, 0.15) is 5.75 Å². The molecule has 0 heterocycles. The maximum Gasteiger partial charge on any atom is 0.123 e. The Labute approximate surface area is 90.3 Å². The van der Waals surface area contributed by atoms with Crippen LogP contribution in [-0.4, -0.2) is 7.11 Å².